The van der Waals surface area contributed by atoms with Crippen LogP contribution in [0.25, 0.3) is 0 Å². The van der Waals surface area contributed by atoms with E-state index in [0.29, 0.717) is 29.8 Å². The van der Waals surface area contributed by atoms with E-state index in [9.17, 15) is 4.79 Å². The van der Waals surface area contributed by atoms with Crippen molar-refractivity contribution >= 4 is 11.8 Å². The third-order valence-corrected chi connectivity index (χ3v) is 4.30. The first-order chi connectivity index (χ1) is 12.1. The molecule has 3 rings (SSSR count). The molecule has 0 unspecified atom stereocenters. The van der Waals surface area contributed by atoms with Crippen LogP contribution in [0.4, 0.5) is 10.6 Å². The van der Waals surface area contributed by atoms with Gasteiger partial charge in [0.25, 0.3) is 0 Å². The molecule has 1 fully saturated rings. The highest BCUT2D eigenvalue weighted by atomic mass is 16.5. The number of nitrogens with one attached hydrogen (secondary N) is 1. The number of urea groups is 1. The van der Waals surface area contributed by atoms with Gasteiger partial charge in [0.2, 0.25) is 5.89 Å². The van der Waals surface area contributed by atoms with Gasteiger partial charge in [-0.2, -0.15) is 4.98 Å². The Morgan fingerprint density at radius 2 is 2.12 bits per heavy atom. The Morgan fingerprint density at radius 1 is 1.28 bits per heavy atom. The number of carbonyl (C=O) groups excluding carboxylic acids is 1. The largest absolute Gasteiger partial charge is 0.493 e. The standard InChI is InChI=1S/C17H23N5O3/c1-11-8-9-14(24-3)16(18-11)20-17(23)22-10-6-4-5-7-13(22)15-19-12(2)25-21-15/h8-9,13H,4-7,10H2,1-3H3,(H,18,20,23)/t13-/m1/s1. The van der Waals surface area contributed by atoms with E-state index in [2.05, 4.69) is 20.4 Å². The maximum atomic E-state index is 12.9. The van der Waals surface area contributed by atoms with Crippen molar-refractivity contribution in [2.45, 2.75) is 45.6 Å². The van der Waals surface area contributed by atoms with Crippen molar-refractivity contribution in [2.75, 3.05) is 19.0 Å². The maximum absolute atomic E-state index is 12.9. The number of anilines is 1. The first-order valence-corrected chi connectivity index (χ1v) is 8.48. The fourth-order valence-electron chi connectivity index (χ4n) is 3.04. The van der Waals surface area contributed by atoms with E-state index in [0.717, 1.165) is 31.4 Å². The third-order valence-electron chi connectivity index (χ3n) is 4.30. The Morgan fingerprint density at radius 3 is 2.84 bits per heavy atom. The molecule has 1 aliphatic heterocycles. The number of aryl methyl sites for hydroxylation is 2. The van der Waals surface area contributed by atoms with Crippen molar-refractivity contribution in [1.29, 1.82) is 0 Å². The van der Waals surface area contributed by atoms with Gasteiger partial charge < -0.3 is 14.2 Å². The minimum atomic E-state index is -0.231. The maximum Gasteiger partial charge on any atom is 0.323 e. The third kappa shape index (κ3) is 3.89. The molecule has 2 aromatic rings. The van der Waals surface area contributed by atoms with Crippen LogP contribution in [0.5, 0.6) is 5.75 Å². The van der Waals surface area contributed by atoms with Crippen LogP contribution in [0.2, 0.25) is 0 Å². The lowest BCUT2D eigenvalue weighted by molar-refractivity contribution is 0.184. The van der Waals surface area contributed by atoms with Crippen LogP contribution in [-0.2, 0) is 0 Å². The number of hydrogen-bond donors (Lipinski definition) is 1. The first kappa shape index (κ1) is 17.2. The lowest BCUT2D eigenvalue weighted by Gasteiger charge is -2.28. The Kier molecular flexibility index (Phi) is 5.16. The number of aromatic nitrogens is 3. The van der Waals surface area contributed by atoms with Gasteiger partial charge in [-0.3, -0.25) is 5.32 Å². The van der Waals surface area contributed by atoms with Gasteiger partial charge in [0.1, 0.15) is 0 Å². The molecule has 1 N–H and O–H groups in total. The second kappa shape index (κ2) is 7.50. The molecule has 1 aliphatic rings. The van der Waals surface area contributed by atoms with Gasteiger partial charge in [-0.1, -0.05) is 18.0 Å². The molecule has 0 aromatic carbocycles. The molecule has 25 heavy (non-hydrogen) atoms. The van der Waals surface area contributed by atoms with Crippen molar-refractivity contribution in [3.63, 3.8) is 0 Å². The SMILES string of the molecule is COc1ccc(C)nc1NC(=O)N1CCCCC[C@@H]1c1noc(C)n1. The van der Waals surface area contributed by atoms with Crippen molar-refractivity contribution < 1.29 is 14.1 Å². The Balaban J connectivity index is 1.84. The van der Waals surface area contributed by atoms with Crippen LogP contribution >= 0.6 is 0 Å². The van der Waals surface area contributed by atoms with Crippen LogP contribution in [0.15, 0.2) is 16.7 Å². The first-order valence-electron chi connectivity index (χ1n) is 8.48. The predicted molar refractivity (Wildman–Crippen MR) is 91.5 cm³/mol. The molecule has 0 spiro atoms. The monoisotopic (exact) mass is 345 g/mol. The Bertz CT molecular complexity index is 746. The summed E-state index contributed by atoms with van der Waals surface area (Å²) in [5.41, 5.74) is 0.803. The molecule has 0 bridgehead atoms. The molecular weight excluding hydrogens is 322 g/mol. The number of rotatable bonds is 3. The van der Waals surface area contributed by atoms with Gasteiger partial charge in [-0.05, 0) is 31.9 Å². The van der Waals surface area contributed by atoms with Crippen LogP contribution in [0.3, 0.4) is 0 Å². The van der Waals surface area contributed by atoms with Crippen molar-refractivity contribution in [1.82, 2.24) is 20.0 Å². The van der Waals surface area contributed by atoms with Crippen LogP contribution in [-0.4, -0.2) is 39.7 Å². The zero-order chi connectivity index (χ0) is 17.8. The van der Waals surface area contributed by atoms with E-state index in [4.69, 9.17) is 9.26 Å². The number of ether oxygens (including phenoxy) is 1. The molecule has 1 atom stereocenters. The molecule has 3 heterocycles. The van der Waals surface area contributed by atoms with E-state index < -0.39 is 0 Å². The van der Waals surface area contributed by atoms with E-state index in [1.54, 1.807) is 25.0 Å². The molecule has 134 valence electrons. The minimum Gasteiger partial charge on any atom is -0.493 e. The molecule has 0 radical (unpaired) electrons. The smallest absolute Gasteiger partial charge is 0.323 e. The zero-order valence-electron chi connectivity index (χ0n) is 14.8. The second-order valence-electron chi connectivity index (χ2n) is 6.16. The highest BCUT2D eigenvalue weighted by Gasteiger charge is 2.30. The summed E-state index contributed by atoms with van der Waals surface area (Å²) in [6.07, 6.45) is 3.85. The minimum absolute atomic E-state index is 0.198. The van der Waals surface area contributed by atoms with Crippen LogP contribution in [0, 0.1) is 13.8 Å². The molecule has 2 amide bonds. The molecular formula is C17H23N5O3. The molecule has 8 heteroatoms. The van der Waals surface area contributed by atoms with Crippen LogP contribution in [0.1, 0.15) is 49.1 Å². The topological polar surface area (TPSA) is 93.4 Å². The highest BCUT2D eigenvalue weighted by Crippen LogP contribution is 2.30. The zero-order valence-corrected chi connectivity index (χ0v) is 14.8. The number of carbonyl (C=O) groups is 1. The second-order valence-corrected chi connectivity index (χ2v) is 6.16. The molecule has 1 saturated heterocycles. The van der Waals surface area contributed by atoms with E-state index in [1.807, 2.05) is 13.0 Å². The van der Waals surface area contributed by atoms with Crippen molar-refractivity contribution in [2.24, 2.45) is 0 Å². The average molecular weight is 345 g/mol. The number of amides is 2. The van der Waals surface area contributed by atoms with Gasteiger partial charge in [-0.25, -0.2) is 9.78 Å². The normalized spacial score (nSPS) is 17.9. The molecule has 0 saturated carbocycles. The fraction of sp³-hybridized carbons (Fsp3) is 0.529. The lowest BCUT2D eigenvalue weighted by Crippen LogP contribution is -2.38. The van der Waals surface area contributed by atoms with Gasteiger partial charge in [-0.15, -0.1) is 0 Å². The highest BCUT2D eigenvalue weighted by molar-refractivity contribution is 5.90. The molecule has 2 aromatic heterocycles. The number of methoxy groups -OCH3 is 1. The number of pyridine rings is 1. The van der Waals surface area contributed by atoms with E-state index in [1.165, 1.54) is 0 Å². The quantitative estimate of drug-likeness (QED) is 0.918. The number of likely N-dealkylation sites (tertiary alicyclic amines) is 1. The van der Waals surface area contributed by atoms with Gasteiger partial charge in [0.15, 0.2) is 17.4 Å². The van der Waals surface area contributed by atoms with Crippen molar-refractivity contribution in [3.8, 4) is 5.75 Å². The van der Waals surface area contributed by atoms with E-state index in [-0.39, 0.29) is 12.1 Å². The molecule has 0 aliphatic carbocycles. The summed E-state index contributed by atoms with van der Waals surface area (Å²) in [5.74, 6) is 2.00. The lowest BCUT2D eigenvalue weighted by atomic mass is 10.1. The summed E-state index contributed by atoms with van der Waals surface area (Å²) in [5, 5.41) is 6.89. The summed E-state index contributed by atoms with van der Waals surface area (Å²) < 4.78 is 10.4. The number of hydrogen-bond acceptors (Lipinski definition) is 6. The van der Waals surface area contributed by atoms with Crippen molar-refractivity contribution in [3.05, 3.63) is 29.5 Å². The van der Waals surface area contributed by atoms with Crippen LogP contribution < -0.4 is 10.1 Å². The summed E-state index contributed by atoms with van der Waals surface area (Å²) in [6, 6.07) is 3.20. The predicted octanol–water partition coefficient (Wildman–Crippen LogP) is 3.24. The van der Waals surface area contributed by atoms with E-state index >= 15 is 0 Å². The average Bonchev–Trinajstić information content (AvgIpc) is 2.87. The Labute approximate surface area is 146 Å². The molecule has 8 nitrogen and oxygen atoms in total. The summed E-state index contributed by atoms with van der Waals surface area (Å²) in [6.45, 7) is 4.25. The number of nitrogens with zero attached hydrogens (tertiary/aromatic N) is 4. The summed E-state index contributed by atoms with van der Waals surface area (Å²) in [7, 11) is 1.55. The van der Waals surface area contributed by atoms with Gasteiger partial charge >= 0.3 is 6.03 Å². The fourth-order valence-corrected chi connectivity index (χ4v) is 3.04. The Hall–Kier alpha value is -2.64. The van der Waals surface area contributed by atoms with Gasteiger partial charge in [0.05, 0.1) is 13.2 Å². The summed E-state index contributed by atoms with van der Waals surface area (Å²) in [4.78, 5) is 23.4. The van der Waals surface area contributed by atoms with Gasteiger partial charge in [0, 0.05) is 19.2 Å². The summed E-state index contributed by atoms with van der Waals surface area (Å²) >= 11 is 0.